The average Bonchev–Trinajstić information content (AvgIpc) is 2.67. The predicted molar refractivity (Wildman–Crippen MR) is 101 cm³/mol. The Bertz CT molecular complexity index is 1120. The van der Waals surface area contributed by atoms with E-state index in [-0.39, 0.29) is 10.7 Å². The van der Waals surface area contributed by atoms with Crippen molar-refractivity contribution in [3.05, 3.63) is 65.2 Å². The third-order valence-corrected chi connectivity index (χ3v) is 5.69. The fourth-order valence-corrected chi connectivity index (χ4v) is 3.97. The molecule has 152 valence electrons. The van der Waals surface area contributed by atoms with E-state index in [1.54, 1.807) is 24.3 Å². The topological polar surface area (TPSA) is 81.2 Å². The summed E-state index contributed by atoms with van der Waals surface area (Å²) in [6.45, 7) is 0. The van der Waals surface area contributed by atoms with E-state index < -0.39 is 26.7 Å². The van der Waals surface area contributed by atoms with Crippen LogP contribution in [-0.2, 0) is 16.2 Å². The summed E-state index contributed by atoms with van der Waals surface area (Å²) in [5.41, 5.74) is 0.209. The minimum Gasteiger partial charge on any atom is -0.480 e. The number of rotatable bonds is 5. The zero-order valence-electron chi connectivity index (χ0n) is 14.7. The van der Waals surface area contributed by atoms with Crippen molar-refractivity contribution < 1.29 is 26.3 Å². The Kier molecular flexibility index (Phi) is 5.67. The molecule has 1 aromatic heterocycles. The molecule has 29 heavy (non-hydrogen) atoms. The number of benzene rings is 2. The Morgan fingerprint density at radius 1 is 1.00 bits per heavy atom. The average molecular weight is 444 g/mol. The number of aromatic nitrogens is 2. The van der Waals surface area contributed by atoms with Gasteiger partial charge in [0.25, 0.3) is 10.0 Å². The molecule has 0 aliphatic rings. The lowest BCUT2D eigenvalue weighted by atomic mass is 10.1. The molecule has 0 amide bonds. The Morgan fingerprint density at radius 3 is 2.24 bits per heavy atom. The first-order valence-electron chi connectivity index (χ1n) is 7.98. The van der Waals surface area contributed by atoms with Gasteiger partial charge in [0.05, 0.1) is 23.4 Å². The van der Waals surface area contributed by atoms with E-state index in [2.05, 4.69) is 14.9 Å². The van der Waals surface area contributed by atoms with Crippen LogP contribution >= 0.6 is 11.6 Å². The molecule has 0 aliphatic carbocycles. The third-order valence-electron chi connectivity index (χ3n) is 3.83. The number of halogens is 4. The van der Waals surface area contributed by atoms with Gasteiger partial charge in [-0.15, -0.1) is 10.2 Å². The largest absolute Gasteiger partial charge is 0.480 e. The van der Waals surface area contributed by atoms with Crippen LogP contribution in [-0.4, -0.2) is 25.7 Å². The van der Waals surface area contributed by atoms with Crippen LogP contribution in [0.25, 0.3) is 11.3 Å². The summed E-state index contributed by atoms with van der Waals surface area (Å²) in [4.78, 5) is -0.668. The third kappa shape index (κ3) is 4.77. The summed E-state index contributed by atoms with van der Waals surface area (Å²) < 4.78 is 70.9. The van der Waals surface area contributed by atoms with Gasteiger partial charge in [-0.1, -0.05) is 23.7 Å². The van der Waals surface area contributed by atoms with E-state index in [4.69, 9.17) is 16.3 Å². The Hall–Kier alpha value is -2.85. The molecule has 0 aliphatic heterocycles. The highest BCUT2D eigenvalue weighted by Crippen LogP contribution is 2.34. The molecular weight excluding hydrogens is 431 g/mol. The fourth-order valence-electron chi connectivity index (χ4n) is 2.39. The van der Waals surface area contributed by atoms with E-state index in [0.717, 1.165) is 6.07 Å². The molecule has 6 nitrogen and oxygen atoms in total. The molecule has 11 heteroatoms. The Labute approximate surface area is 169 Å². The number of alkyl halides is 3. The molecular formula is C18H13ClF3N3O3S. The van der Waals surface area contributed by atoms with E-state index in [1.807, 2.05) is 0 Å². The SMILES string of the molecule is COc1ccc(-c2ccc(NS(=O)(=O)c3cc(C(F)(F)F)ccc3Cl)cc2)nn1. The standard InChI is InChI=1S/C18H13ClF3N3O3S/c1-28-17-9-8-15(23-24-17)11-2-5-13(6-3-11)25-29(26,27)16-10-12(18(20,21)22)4-7-14(16)19/h2-10,25H,1H3. The molecule has 0 atom stereocenters. The Morgan fingerprint density at radius 2 is 1.69 bits per heavy atom. The monoisotopic (exact) mass is 443 g/mol. The quantitative estimate of drug-likeness (QED) is 0.622. The lowest BCUT2D eigenvalue weighted by Crippen LogP contribution is -2.15. The van der Waals surface area contributed by atoms with Gasteiger partial charge in [-0.3, -0.25) is 4.72 Å². The second-order valence-electron chi connectivity index (χ2n) is 5.79. The van der Waals surface area contributed by atoms with Crippen molar-refractivity contribution in [1.82, 2.24) is 10.2 Å². The highest BCUT2D eigenvalue weighted by molar-refractivity contribution is 7.92. The lowest BCUT2D eigenvalue weighted by molar-refractivity contribution is -0.137. The zero-order valence-corrected chi connectivity index (χ0v) is 16.3. The smallest absolute Gasteiger partial charge is 0.416 e. The van der Waals surface area contributed by atoms with Crippen molar-refractivity contribution in [2.45, 2.75) is 11.1 Å². The number of sulfonamides is 1. The number of ether oxygens (including phenoxy) is 1. The number of methoxy groups -OCH3 is 1. The van der Waals surface area contributed by atoms with Crippen molar-refractivity contribution >= 4 is 27.3 Å². The normalized spacial score (nSPS) is 11.9. The highest BCUT2D eigenvalue weighted by Gasteiger charge is 2.32. The van der Waals surface area contributed by atoms with Gasteiger partial charge in [-0.25, -0.2) is 8.42 Å². The number of hydrogen-bond acceptors (Lipinski definition) is 5. The molecule has 0 saturated heterocycles. The van der Waals surface area contributed by atoms with Crippen molar-refractivity contribution in [2.75, 3.05) is 11.8 Å². The molecule has 0 saturated carbocycles. The first-order valence-corrected chi connectivity index (χ1v) is 9.84. The number of anilines is 1. The zero-order chi connectivity index (χ0) is 21.2. The molecule has 0 fully saturated rings. The first kappa shape index (κ1) is 20.9. The van der Waals surface area contributed by atoms with Gasteiger partial charge in [0.1, 0.15) is 4.90 Å². The van der Waals surface area contributed by atoms with Crippen LogP contribution in [0.15, 0.2) is 59.5 Å². The van der Waals surface area contributed by atoms with E-state index in [0.29, 0.717) is 29.3 Å². The van der Waals surface area contributed by atoms with Crippen LogP contribution in [0.5, 0.6) is 5.88 Å². The number of nitrogens with one attached hydrogen (secondary N) is 1. The maximum absolute atomic E-state index is 12.9. The maximum Gasteiger partial charge on any atom is 0.416 e. The van der Waals surface area contributed by atoms with Crippen LogP contribution in [0.2, 0.25) is 5.02 Å². The van der Waals surface area contributed by atoms with Crippen LogP contribution in [0.1, 0.15) is 5.56 Å². The fraction of sp³-hybridized carbons (Fsp3) is 0.111. The van der Waals surface area contributed by atoms with Crippen LogP contribution < -0.4 is 9.46 Å². The molecule has 1 heterocycles. The first-order chi connectivity index (χ1) is 13.6. The van der Waals surface area contributed by atoms with Gasteiger partial charge in [-0.2, -0.15) is 13.2 Å². The minimum atomic E-state index is -4.70. The van der Waals surface area contributed by atoms with Crippen molar-refractivity contribution in [2.24, 2.45) is 0 Å². The summed E-state index contributed by atoms with van der Waals surface area (Å²) in [5, 5.41) is 7.50. The molecule has 0 bridgehead atoms. The van der Waals surface area contributed by atoms with Crippen LogP contribution in [0, 0.1) is 0 Å². The molecule has 1 N–H and O–H groups in total. The molecule has 3 rings (SSSR count). The maximum atomic E-state index is 12.9. The van der Waals surface area contributed by atoms with E-state index in [1.165, 1.54) is 19.2 Å². The highest BCUT2D eigenvalue weighted by atomic mass is 35.5. The molecule has 3 aromatic rings. The molecule has 0 unspecified atom stereocenters. The minimum absolute atomic E-state index is 0.142. The van der Waals surface area contributed by atoms with Crippen molar-refractivity contribution in [3.8, 4) is 17.1 Å². The number of nitrogens with zero attached hydrogens (tertiary/aromatic N) is 2. The molecule has 0 radical (unpaired) electrons. The molecule has 2 aromatic carbocycles. The molecule has 0 spiro atoms. The van der Waals surface area contributed by atoms with Gasteiger partial charge in [0.2, 0.25) is 5.88 Å². The van der Waals surface area contributed by atoms with Crippen molar-refractivity contribution in [3.63, 3.8) is 0 Å². The lowest BCUT2D eigenvalue weighted by Gasteiger charge is -2.13. The predicted octanol–water partition coefficient (Wildman–Crippen LogP) is 4.63. The van der Waals surface area contributed by atoms with Gasteiger partial charge in [0, 0.05) is 17.3 Å². The van der Waals surface area contributed by atoms with Crippen LogP contribution in [0.3, 0.4) is 0 Å². The van der Waals surface area contributed by atoms with Gasteiger partial charge in [0.15, 0.2) is 0 Å². The van der Waals surface area contributed by atoms with Gasteiger partial charge >= 0.3 is 6.18 Å². The van der Waals surface area contributed by atoms with E-state index in [9.17, 15) is 21.6 Å². The van der Waals surface area contributed by atoms with Crippen LogP contribution in [0.4, 0.5) is 18.9 Å². The van der Waals surface area contributed by atoms with Gasteiger partial charge < -0.3 is 4.74 Å². The summed E-state index contributed by atoms with van der Waals surface area (Å²) in [6.07, 6.45) is -4.70. The Balaban J connectivity index is 1.85. The second kappa shape index (κ2) is 7.88. The number of hydrogen-bond donors (Lipinski definition) is 1. The van der Waals surface area contributed by atoms with E-state index >= 15 is 0 Å². The van der Waals surface area contributed by atoms with Gasteiger partial charge in [-0.05, 0) is 36.4 Å². The summed E-state index contributed by atoms with van der Waals surface area (Å²) in [6, 6.07) is 11.5. The summed E-state index contributed by atoms with van der Waals surface area (Å²) in [7, 11) is -2.88. The second-order valence-corrected chi connectivity index (χ2v) is 7.84. The van der Waals surface area contributed by atoms with Crippen molar-refractivity contribution in [1.29, 1.82) is 0 Å². The summed E-state index contributed by atoms with van der Waals surface area (Å²) >= 11 is 5.82. The summed E-state index contributed by atoms with van der Waals surface area (Å²) in [5.74, 6) is 0.344.